The van der Waals surface area contributed by atoms with Gasteiger partial charge in [0.2, 0.25) is 17.7 Å². The Morgan fingerprint density at radius 2 is 1.65 bits per heavy atom. The number of nitriles is 1. The molecule has 2 fully saturated rings. The molecule has 2 saturated heterocycles. The van der Waals surface area contributed by atoms with Crippen molar-refractivity contribution in [2.75, 3.05) is 36.2 Å². The lowest BCUT2D eigenvalue weighted by Gasteiger charge is -2.35. The first-order chi connectivity index (χ1) is 34.1. The summed E-state index contributed by atoms with van der Waals surface area (Å²) in [5.74, 6) is -1.67. The number of unbranched alkanes of at least 4 members (excludes halogenated alkanes) is 1. The topological polar surface area (TPSA) is 191 Å². The van der Waals surface area contributed by atoms with E-state index >= 15 is 4.39 Å². The maximum absolute atomic E-state index is 15.9. The highest BCUT2D eigenvalue weighted by Crippen LogP contribution is 2.41. The Morgan fingerprint density at radius 3 is 2.29 bits per heavy atom. The molecule has 0 spiro atoms. The second-order valence-corrected chi connectivity index (χ2v) is 19.4. The molecular weight excluding hydrogens is 959 g/mol. The van der Waals surface area contributed by atoms with Crippen LogP contribution in [0.25, 0.3) is 22.5 Å². The molecule has 2 aliphatic rings. The summed E-state index contributed by atoms with van der Waals surface area (Å²) in [4.78, 5) is 61.4. The van der Waals surface area contributed by atoms with Gasteiger partial charge in [0, 0.05) is 31.7 Å². The van der Waals surface area contributed by atoms with Crippen molar-refractivity contribution in [2.45, 2.75) is 90.3 Å². The van der Waals surface area contributed by atoms with Gasteiger partial charge in [0.05, 0.1) is 47.5 Å². The van der Waals surface area contributed by atoms with Crippen LogP contribution >= 0.6 is 12.2 Å². The summed E-state index contributed by atoms with van der Waals surface area (Å²) in [6, 6.07) is 21.0. The van der Waals surface area contributed by atoms with Crippen molar-refractivity contribution < 1.29 is 55.7 Å². The lowest BCUT2D eigenvalue weighted by molar-refractivity contribution is -0.144. The fourth-order valence-corrected chi connectivity index (χ4v) is 8.99. The van der Waals surface area contributed by atoms with Crippen LogP contribution in [0.4, 0.5) is 28.9 Å². The number of carbonyl (C=O) groups excluding carboxylic acids is 4. The number of β-amino-alcohol motifs (C(OH)–C–C–N with tert-alkyl or cyclic N) is 1. The van der Waals surface area contributed by atoms with Crippen molar-refractivity contribution in [1.29, 1.82) is 5.26 Å². The van der Waals surface area contributed by atoms with E-state index in [9.17, 15) is 42.7 Å². The highest BCUT2D eigenvalue weighted by Gasteiger charge is 2.51. The first kappa shape index (κ1) is 52.6. The fraction of sp³-hybridized carbons (Fsp3) is 0.365. The average molecular weight is 1010 g/mol. The van der Waals surface area contributed by atoms with Gasteiger partial charge in [0.15, 0.2) is 17.3 Å². The molecule has 5 aromatic rings. The molecule has 3 heterocycles. The third-order valence-electron chi connectivity index (χ3n) is 12.3. The van der Waals surface area contributed by atoms with Crippen LogP contribution in [-0.4, -0.2) is 93.8 Å². The van der Waals surface area contributed by atoms with Gasteiger partial charge in [-0.2, -0.15) is 18.4 Å². The molecular formula is C52H53F4N7O8S. The number of aliphatic hydroxyl groups is 1. The predicted octanol–water partition coefficient (Wildman–Crippen LogP) is 7.94. The quantitative estimate of drug-likeness (QED) is 0.0464. The van der Waals surface area contributed by atoms with Crippen molar-refractivity contribution in [3.05, 3.63) is 120 Å². The molecule has 7 rings (SSSR count). The Labute approximate surface area is 418 Å². The summed E-state index contributed by atoms with van der Waals surface area (Å²) >= 11 is 5.56. The number of amides is 4. The second kappa shape index (κ2) is 21.6. The van der Waals surface area contributed by atoms with Gasteiger partial charge in [-0.1, -0.05) is 63.2 Å². The van der Waals surface area contributed by atoms with E-state index in [1.54, 1.807) is 57.3 Å². The Morgan fingerprint density at radius 1 is 0.972 bits per heavy atom. The number of nitrogens with one attached hydrogen (secondary N) is 2. The van der Waals surface area contributed by atoms with E-state index in [1.165, 1.54) is 54.3 Å². The minimum atomic E-state index is -4.87. The van der Waals surface area contributed by atoms with Gasteiger partial charge in [-0.3, -0.25) is 24.1 Å². The molecule has 3 atom stereocenters. The number of oxazole rings is 1. The summed E-state index contributed by atoms with van der Waals surface area (Å²) in [5.41, 5.74) is -1.54. The summed E-state index contributed by atoms with van der Waals surface area (Å²) in [6.07, 6.45) is -1.66. The van der Waals surface area contributed by atoms with E-state index in [1.807, 2.05) is 24.3 Å². The number of aromatic nitrogens is 1. The second-order valence-electron chi connectivity index (χ2n) is 19.0. The Kier molecular flexibility index (Phi) is 15.8. The van der Waals surface area contributed by atoms with Gasteiger partial charge in [0.25, 0.3) is 5.91 Å². The molecule has 20 heteroatoms. The molecule has 2 aliphatic heterocycles. The van der Waals surface area contributed by atoms with Crippen LogP contribution in [0, 0.1) is 22.6 Å². The molecule has 0 radical (unpaired) electrons. The molecule has 1 aromatic heterocycles. The van der Waals surface area contributed by atoms with E-state index in [-0.39, 0.29) is 49.2 Å². The Hall–Kier alpha value is -7.21. The molecule has 378 valence electrons. The monoisotopic (exact) mass is 1010 g/mol. The SMILES string of the molecule is CC(C)(C)C(NC(=O)COCCCCOc1ccc(-c2ccc(N3C(=S)N(c4ccc(C#N)c(C(F)(F)F)c4)C(=O)C3(C)C)c(F)c2)cc1)C(=O)N1C[C@H](O)C[C@H]1C(=O)NCc1ccc(-c2cnco2)cc1. The average Bonchev–Trinajstić information content (AvgIpc) is 4.06. The van der Waals surface area contributed by atoms with Gasteiger partial charge in [-0.05, 0) is 103 Å². The minimum absolute atomic E-state index is 0.0529. The van der Waals surface area contributed by atoms with Crippen LogP contribution in [0.1, 0.15) is 70.6 Å². The van der Waals surface area contributed by atoms with Gasteiger partial charge < -0.3 is 39.4 Å². The highest BCUT2D eigenvalue weighted by molar-refractivity contribution is 7.81. The van der Waals surface area contributed by atoms with Gasteiger partial charge in [-0.15, -0.1) is 0 Å². The Balaban J connectivity index is 0.853. The number of alkyl halides is 3. The fourth-order valence-electron chi connectivity index (χ4n) is 8.48. The normalized spacial score (nSPS) is 17.2. The van der Waals surface area contributed by atoms with Crippen LogP contribution in [0.2, 0.25) is 0 Å². The molecule has 0 aliphatic carbocycles. The van der Waals surface area contributed by atoms with Gasteiger partial charge in [-0.25, -0.2) is 9.37 Å². The zero-order valence-corrected chi connectivity index (χ0v) is 40.9. The molecule has 1 unspecified atom stereocenters. The number of nitrogens with zero attached hydrogens (tertiary/aromatic N) is 5. The molecule has 4 amide bonds. The number of halogens is 4. The summed E-state index contributed by atoms with van der Waals surface area (Å²) in [5, 5.41) is 25.2. The molecule has 0 bridgehead atoms. The number of likely N-dealkylation sites (tertiary alicyclic amines) is 1. The van der Waals surface area contributed by atoms with Crippen LogP contribution in [0.15, 0.2) is 102 Å². The first-order valence-electron chi connectivity index (χ1n) is 23.0. The largest absolute Gasteiger partial charge is 0.494 e. The van der Waals surface area contributed by atoms with Gasteiger partial charge >= 0.3 is 6.18 Å². The number of ether oxygens (including phenoxy) is 2. The minimum Gasteiger partial charge on any atom is -0.494 e. The molecule has 72 heavy (non-hydrogen) atoms. The molecule has 15 nitrogen and oxygen atoms in total. The van der Waals surface area contributed by atoms with Crippen molar-refractivity contribution in [3.8, 4) is 34.3 Å². The number of anilines is 2. The number of hydrogen-bond donors (Lipinski definition) is 3. The van der Waals surface area contributed by atoms with Crippen LogP contribution in [-0.2, 0) is 36.6 Å². The number of hydrogen-bond acceptors (Lipinski definition) is 11. The van der Waals surface area contributed by atoms with E-state index in [2.05, 4.69) is 15.6 Å². The number of thiocarbonyl (C=S) groups is 1. The number of rotatable bonds is 17. The van der Waals surface area contributed by atoms with Crippen molar-refractivity contribution >= 4 is 52.3 Å². The maximum Gasteiger partial charge on any atom is 0.417 e. The smallest absolute Gasteiger partial charge is 0.417 e. The zero-order valence-electron chi connectivity index (χ0n) is 40.1. The summed E-state index contributed by atoms with van der Waals surface area (Å²) in [6.45, 7) is 8.74. The molecule has 3 N–H and O–H groups in total. The van der Waals surface area contributed by atoms with Crippen LogP contribution in [0.3, 0.4) is 0 Å². The van der Waals surface area contributed by atoms with Crippen LogP contribution < -0.4 is 25.2 Å². The summed E-state index contributed by atoms with van der Waals surface area (Å²) in [7, 11) is 0. The molecule has 4 aromatic carbocycles. The third kappa shape index (κ3) is 11.8. The highest BCUT2D eigenvalue weighted by atomic mass is 32.1. The number of benzene rings is 4. The predicted molar refractivity (Wildman–Crippen MR) is 261 cm³/mol. The van der Waals surface area contributed by atoms with Crippen LogP contribution in [0.5, 0.6) is 5.75 Å². The number of carbonyl (C=O) groups is 4. The van der Waals surface area contributed by atoms with E-state index in [0.717, 1.165) is 22.1 Å². The molecule has 0 saturated carbocycles. The maximum atomic E-state index is 15.9. The summed E-state index contributed by atoms with van der Waals surface area (Å²) < 4.78 is 74.0. The van der Waals surface area contributed by atoms with E-state index in [0.29, 0.717) is 48.2 Å². The van der Waals surface area contributed by atoms with Gasteiger partial charge in [0.1, 0.15) is 35.8 Å². The zero-order chi connectivity index (χ0) is 52.1. The third-order valence-corrected chi connectivity index (χ3v) is 12.7. The van der Waals surface area contributed by atoms with E-state index in [4.69, 9.17) is 26.1 Å². The van der Waals surface area contributed by atoms with Crippen molar-refractivity contribution in [3.63, 3.8) is 0 Å². The van der Waals surface area contributed by atoms with E-state index < -0.39 is 75.9 Å². The lowest BCUT2D eigenvalue weighted by atomic mass is 9.85. The Bertz CT molecular complexity index is 2850. The lowest BCUT2D eigenvalue weighted by Crippen LogP contribution is -2.58. The van der Waals surface area contributed by atoms with Crippen molar-refractivity contribution in [2.24, 2.45) is 5.41 Å². The van der Waals surface area contributed by atoms with Crippen molar-refractivity contribution in [1.82, 2.24) is 20.5 Å². The standard InChI is InChI=1S/C52H53F4N7O8S/c1-50(2,3)45(47(67)61-28-37(64)24-42(61)46(66)59-26-31-8-10-33(11-9-31)43-27-58-30-71-43)60-44(65)29-69-20-6-7-21-70-38-17-13-32(14-18-38)34-15-19-41(40(53)22-34)63-49(72)62(48(68)51(63,4)5)36-16-12-35(25-57)39(23-36)52(54,55)56/h8-19,22-23,27,30,37,42,45,64H,6-7,20-21,24,26,28-29H2,1-5H3,(H,59,66)(H,60,65)/t37-,42+,45?/m1/s1. The number of aliphatic hydroxyl groups excluding tert-OH is 1. The first-order valence-corrected chi connectivity index (χ1v) is 23.4.